The van der Waals surface area contributed by atoms with E-state index in [1.165, 1.54) is 0 Å². The van der Waals surface area contributed by atoms with Crippen LogP contribution in [-0.2, 0) is 0 Å². The maximum absolute atomic E-state index is 11.6. The summed E-state index contributed by atoms with van der Waals surface area (Å²) >= 11 is 0. The smallest absolute Gasteiger partial charge is 0.186 e. The first kappa shape index (κ1) is 8.76. The standard InChI is InChI=1S/C15H8O2/c16-12-7-5-10-9(12)6-8-14-15(10)11-3-1-2-4-13(11)17-14/h1-8H. The zero-order chi connectivity index (χ0) is 11.4. The fourth-order valence-corrected chi connectivity index (χ4v) is 2.48. The minimum atomic E-state index is 0.0761. The van der Waals surface area contributed by atoms with Gasteiger partial charge in [-0.3, -0.25) is 4.79 Å². The Kier molecular flexibility index (Phi) is 1.47. The molecule has 1 aliphatic rings. The van der Waals surface area contributed by atoms with Crippen molar-refractivity contribution in [1.82, 2.24) is 0 Å². The fraction of sp³-hybridized carbons (Fsp3) is 0. The minimum absolute atomic E-state index is 0.0761. The van der Waals surface area contributed by atoms with Crippen molar-refractivity contribution in [2.45, 2.75) is 0 Å². The molecule has 0 bridgehead atoms. The SMILES string of the molecule is O=C1C=Cc2c1ccc1oc3ccccc3c21. The zero-order valence-corrected chi connectivity index (χ0v) is 8.94. The van der Waals surface area contributed by atoms with Crippen LogP contribution in [0.3, 0.4) is 0 Å². The highest BCUT2D eigenvalue weighted by molar-refractivity contribution is 6.21. The van der Waals surface area contributed by atoms with E-state index in [0.717, 1.165) is 33.1 Å². The Balaban J connectivity index is 2.30. The fourth-order valence-electron chi connectivity index (χ4n) is 2.48. The van der Waals surface area contributed by atoms with Crippen molar-refractivity contribution >= 4 is 33.8 Å². The van der Waals surface area contributed by atoms with Gasteiger partial charge >= 0.3 is 0 Å². The molecule has 1 heterocycles. The lowest BCUT2D eigenvalue weighted by Crippen LogP contribution is -1.90. The van der Waals surface area contributed by atoms with Crippen molar-refractivity contribution < 1.29 is 9.21 Å². The van der Waals surface area contributed by atoms with Gasteiger partial charge < -0.3 is 4.42 Å². The Morgan fingerprint density at radius 3 is 2.71 bits per heavy atom. The second-order valence-corrected chi connectivity index (χ2v) is 4.20. The van der Waals surface area contributed by atoms with E-state index >= 15 is 0 Å². The molecule has 80 valence electrons. The molecule has 0 spiro atoms. The molecule has 17 heavy (non-hydrogen) atoms. The molecule has 1 aliphatic carbocycles. The number of hydrogen-bond acceptors (Lipinski definition) is 2. The number of allylic oxidation sites excluding steroid dienone is 1. The Labute approximate surface area is 97.1 Å². The molecular formula is C15H8O2. The van der Waals surface area contributed by atoms with Crippen LogP contribution in [0, 0.1) is 0 Å². The summed E-state index contributed by atoms with van der Waals surface area (Å²) < 4.78 is 5.77. The van der Waals surface area contributed by atoms with E-state index in [2.05, 4.69) is 0 Å². The van der Waals surface area contributed by atoms with Crippen LogP contribution in [0.15, 0.2) is 46.9 Å². The Morgan fingerprint density at radius 1 is 0.882 bits per heavy atom. The Morgan fingerprint density at radius 2 is 1.76 bits per heavy atom. The summed E-state index contributed by atoms with van der Waals surface area (Å²) in [4.78, 5) is 11.6. The van der Waals surface area contributed by atoms with Gasteiger partial charge in [-0.1, -0.05) is 18.2 Å². The number of hydrogen-bond donors (Lipinski definition) is 0. The summed E-state index contributed by atoms with van der Waals surface area (Å²) in [7, 11) is 0. The number of carbonyl (C=O) groups is 1. The number of rotatable bonds is 0. The summed E-state index contributed by atoms with van der Waals surface area (Å²) in [5, 5.41) is 2.11. The van der Waals surface area contributed by atoms with Crippen LogP contribution in [0.25, 0.3) is 28.0 Å². The minimum Gasteiger partial charge on any atom is -0.456 e. The van der Waals surface area contributed by atoms with Gasteiger partial charge in [0.15, 0.2) is 5.78 Å². The van der Waals surface area contributed by atoms with E-state index in [0.29, 0.717) is 0 Å². The quantitative estimate of drug-likeness (QED) is 0.576. The molecule has 0 aliphatic heterocycles. The topological polar surface area (TPSA) is 30.2 Å². The summed E-state index contributed by atoms with van der Waals surface area (Å²) in [6.45, 7) is 0. The molecule has 3 aromatic rings. The molecule has 2 aromatic carbocycles. The van der Waals surface area contributed by atoms with E-state index in [-0.39, 0.29) is 5.78 Å². The summed E-state index contributed by atoms with van der Waals surface area (Å²) in [5.41, 5.74) is 3.45. The van der Waals surface area contributed by atoms with Crippen molar-refractivity contribution in [3.63, 3.8) is 0 Å². The first-order valence-electron chi connectivity index (χ1n) is 5.51. The molecule has 0 saturated heterocycles. The second kappa shape index (κ2) is 2.86. The van der Waals surface area contributed by atoms with Crippen molar-refractivity contribution in [3.05, 3.63) is 53.6 Å². The normalized spacial score (nSPS) is 13.8. The van der Waals surface area contributed by atoms with Crippen LogP contribution >= 0.6 is 0 Å². The zero-order valence-electron chi connectivity index (χ0n) is 8.94. The van der Waals surface area contributed by atoms with Gasteiger partial charge in [-0.15, -0.1) is 0 Å². The highest BCUT2D eigenvalue weighted by Gasteiger charge is 2.19. The predicted octanol–water partition coefficient (Wildman–Crippen LogP) is 3.80. The lowest BCUT2D eigenvalue weighted by atomic mass is 10.0. The van der Waals surface area contributed by atoms with Gasteiger partial charge in [0.25, 0.3) is 0 Å². The van der Waals surface area contributed by atoms with Gasteiger partial charge in [0.05, 0.1) is 0 Å². The third-order valence-corrected chi connectivity index (χ3v) is 3.25. The molecular weight excluding hydrogens is 212 g/mol. The Hall–Kier alpha value is -2.35. The van der Waals surface area contributed by atoms with E-state index in [9.17, 15) is 4.79 Å². The van der Waals surface area contributed by atoms with Crippen molar-refractivity contribution in [2.75, 3.05) is 0 Å². The maximum atomic E-state index is 11.6. The average Bonchev–Trinajstić information content (AvgIpc) is 2.90. The molecule has 1 aromatic heterocycles. The predicted molar refractivity (Wildman–Crippen MR) is 67.1 cm³/mol. The molecule has 0 saturated carbocycles. The van der Waals surface area contributed by atoms with Crippen LogP contribution < -0.4 is 0 Å². The third kappa shape index (κ3) is 1.02. The molecule has 2 nitrogen and oxygen atoms in total. The molecule has 0 unspecified atom stereocenters. The molecule has 0 amide bonds. The number of para-hydroxylation sites is 1. The van der Waals surface area contributed by atoms with Crippen molar-refractivity contribution in [2.24, 2.45) is 0 Å². The van der Waals surface area contributed by atoms with Gasteiger partial charge in [-0.05, 0) is 35.9 Å². The van der Waals surface area contributed by atoms with Gasteiger partial charge in [0, 0.05) is 16.3 Å². The van der Waals surface area contributed by atoms with Crippen LogP contribution in [0.2, 0.25) is 0 Å². The van der Waals surface area contributed by atoms with Gasteiger partial charge in [0.2, 0.25) is 0 Å². The largest absolute Gasteiger partial charge is 0.456 e. The van der Waals surface area contributed by atoms with E-state index < -0.39 is 0 Å². The van der Waals surface area contributed by atoms with Crippen molar-refractivity contribution in [1.29, 1.82) is 0 Å². The molecule has 0 fully saturated rings. The van der Waals surface area contributed by atoms with E-state index in [4.69, 9.17) is 4.42 Å². The lowest BCUT2D eigenvalue weighted by molar-refractivity contribution is 0.105. The molecule has 0 radical (unpaired) electrons. The molecule has 0 atom stereocenters. The van der Waals surface area contributed by atoms with E-state index in [1.807, 2.05) is 42.5 Å². The van der Waals surface area contributed by atoms with Crippen LogP contribution in [-0.4, -0.2) is 5.78 Å². The number of benzene rings is 2. The monoisotopic (exact) mass is 220 g/mol. The van der Waals surface area contributed by atoms with Crippen LogP contribution in [0.1, 0.15) is 15.9 Å². The molecule has 2 heteroatoms. The van der Waals surface area contributed by atoms with Crippen molar-refractivity contribution in [3.8, 4) is 0 Å². The van der Waals surface area contributed by atoms with Gasteiger partial charge in [-0.2, -0.15) is 0 Å². The van der Waals surface area contributed by atoms with Gasteiger partial charge in [0.1, 0.15) is 11.2 Å². The summed E-state index contributed by atoms with van der Waals surface area (Å²) in [6, 6.07) is 11.6. The summed E-state index contributed by atoms with van der Waals surface area (Å²) in [5.74, 6) is 0.0761. The highest BCUT2D eigenvalue weighted by atomic mass is 16.3. The van der Waals surface area contributed by atoms with Gasteiger partial charge in [-0.25, -0.2) is 0 Å². The maximum Gasteiger partial charge on any atom is 0.186 e. The number of fused-ring (bicyclic) bond motifs is 5. The lowest BCUT2D eigenvalue weighted by Gasteiger charge is -1.98. The molecule has 4 rings (SSSR count). The first-order valence-corrected chi connectivity index (χ1v) is 5.51. The third-order valence-electron chi connectivity index (χ3n) is 3.25. The molecule has 0 N–H and O–H groups in total. The van der Waals surface area contributed by atoms with Crippen LogP contribution in [0.4, 0.5) is 0 Å². The Bertz CT molecular complexity index is 806. The van der Waals surface area contributed by atoms with E-state index in [1.54, 1.807) is 6.08 Å². The average molecular weight is 220 g/mol. The number of furan rings is 1. The van der Waals surface area contributed by atoms with Crippen LogP contribution in [0.5, 0.6) is 0 Å². The number of carbonyl (C=O) groups excluding carboxylic acids is 1. The second-order valence-electron chi connectivity index (χ2n) is 4.20. The first-order chi connectivity index (χ1) is 8.34. The highest BCUT2D eigenvalue weighted by Crippen LogP contribution is 2.35. The summed E-state index contributed by atoms with van der Waals surface area (Å²) in [6.07, 6.45) is 3.49. The number of ketones is 1.